The Morgan fingerprint density at radius 3 is 2.67 bits per heavy atom. The van der Waals surface area contributed by atoms with Crippen LogP contribution >= 0.6 is 22.7 Å². The monoisotopic (exact) mass is 485 g/mol. The first kappa shape index (κ1) is 23.3. The molecule has 2 amide bonds. The van der Waals surface area contributed by atoms with Crippen LogP contribution < -0.4 is 0 Å². The average Bonchev–Trinajstić information content (AvgIpc) is 3.56. The summed E-state index contributed by atoms with van der Waals surface area (Å²) in [5, 5.41) is 10.1. The van der Waals surface area contributed by atoms with Crippen molar-refractivity contribution in [3.05, 3.63) is 79.9 Å². The maximum absolute atomic E-state index is 14.3. The number of ether oxygens (including phenoxy) is 1. The smallest absolute Gasteiger partial charge is 0.262 e. The van der Waals surface area contributed by atoms with E-state index in [9.17, 15) is 14.0 Å². The van der Waals surface area contributed by atoms with Gasteiger partial charge in [-0.3, -0.25) is 9.59 Å². The summed E-state index contributed by atoms with van der Waals surface area (Å²) in [6.45, 7) is 2.18. The number of hydrogen-bond donors (Lipinski definition) is 0. The molecule has 0 saturated carbocycles. The number of benzene rings is 1. The molecule has 33 heavy (non-hydrogen) atoms. The van der Waals surface area contributed by atoms with E-state index in [1.807, 2.05) is 35.9 Å². The van der Waals surface area contributed by atoms with Crippen LogP contribution in [0.2, 0.25) is 0 Å². The summed E-state index contributed by atoms with van der Waals surface area (Å²) in [6, 6.07) is 11.5. The summed E-state index contributed by atoms with van der Waals surface area (Å²) < 4.78 is 19.4. The second kappa shape index (κ2) is 10.4. The Hall–Kier alpha value is -2.88. The van der Waals surface area contributed by atoms with E-state index in [-0.39, 0.29) is 37.2 Å². The number of methoxy groups -OCH3 is 1. The van der Waals surface area contributed by atoms with Gasteiger partial charge in [0.15, 0.2) is 0 Å². The summed E-state index contributed by atoms with van der Waals surface area (Å²) in [7, 11) is 1.52. The number of hydrogen-bond acceptors (Lipinski definition) is 6. The van der Waals surface area contributed by atoms with Gasteiger partial charge in [-0.2, -0.15) is 5.10 Å². The van der Waals surface area contributed by atoms with Crippen molar-refractivity contribution in [3.63, 3.8) is 0 Å². The van der Waals surface area contributed by atoms with Crippen molar-refractivity contribution in [2.45, 2.75) is 19.4 Å². The Morgan fingerprint density at radius 2 is 2.00 bits per heavy atom. The number of carbonyl (C=O) groups excluding carboxylic acids is 2. The van der Waals surface area contributed by atoms with E-state index < -0.39 is 11.7 Å². The minimum absolute atomic E-state index is 0.0729. The van der Waals surface area contributed by atoms with E-state index in [0.717, 1.165) is 21.0 Å². The number of nitrogens with zero attached hydrogens (tertiary/aromatic N) is 3. The van der Waals surface area contributed by atoms with Crippen LogP contribution in [0.1, 0.15) is 38.1 Å². The molecule has 0 unspecified atom stereocenters. The zero-order chi connectivity index (χ0) is 23.4. The van der Waals surface area contributed by atoms with Gasteiger partial charge in [0.05, 0.1) is 28.8 Å². The molecule has 3 aromatic rings. The Kier molecular flexibility index (Phi) is 7.32. The van der Waals surface area contributed by atoms with Gasteiger partial charge in [0.1, 0.15) is 12.4 Å². The predicted octanol–water partition coefficient (Wildman–Crippen LogP) is 4.72. The lowest BCUT2D eigenvalue weighted by molar-refractivity contribution is -0.133. The molecule has 172 valence electrons. The SMILES string of the molecule is COCCN(CC(=O)N1N=C(c2cccs2)C[C@@H]1c1sccc1C)C(=O)c1ccccc1F. The lowest BCUT2D eigenvalue weighted by Gasteiger charge is -2.27. The Labute approximate surface area is 199 Å². The molecule has 1 aliphatic rings. The van der Waals surface area contributed by atoms with Crippen molar-refractivity contribution in [1.82, 2.24) is 9.91 Å². The van der Waals surface area contributed by atoms with Crippen molar-refractivity contribution in [1.29, 1.82) is 0 Å². The number of thiophene rings is 2. The minimum Gasteiger partial charge on any atom is -0.383 e. The Bertz CT molecular complexity index is 1160. The number of carbonyl (C=O) groups is 2. The molecule has 0 fully saturated rings. The minimum atomic E-state index is -0.622. The van der Waals surface area contributed by atoms with E-state index in [1.165, 1.54) is 35.2 Å². The molecule has 0 aliphatic carbocycles. The molecule has 0 spiro atoms. The van der Waals surface area contributed by atoms with E-state index in [2.05, 4.69) is 5.10 Å². The first-order valence-corrected chi connectivity index (χ1v) is 12.3. The topological polar surface area (TPSA) is 62.2 Å². The number of halogens is 1. The van der Waals surface area contributed by atoms with Crippen LogP contribution in [0, 0.1) is 12.7 Å². The van der Waals surface area contributed by atoms with Crippen LogP contribution in [0.15, 0.2) is 58.3 Å². The van der Waals surface area contributed by atoms with Crippen LogP contribution in [0.3, 0.4) is 0 Å². The number of hydrazone groups is 1. The molecule has 3 heterocycles. The van der Waals surface area contributed by atoms with Gasteiger partial charge in [-0.15, -0.1) is 22.7 Å². The van der Waals surface area contributed by atoms with Crippen molar-refractivity contribution in [2.24, 2.45) is 5.10 Å². The Morgan fingerprint density at radius 1 is 1.18 bits per heavy atom. The van der Waals surface area contributed by atoms with Crippen LogP contribution in [0.5, 0.6) is 0 Å². The summed E-state index contributed by atoms with van der Waals surface area (Å²) in [5.41, 5.74) is 1.88. The fraction of sp³-hybridized carbons (Fsp3) is 0.292. The van der Waals surface area contributed by atoms with Gasteiger partial charge in [-0.05, 0) is 47.5 Å². The molecular weight excluding hydrogens is 461 g/mol. The molecular formula is C24H24FN3O3S2. The zero-order valence-corrected chi connectivity index (χ0v) is 20.0. The highest BCUT2D eigenvalue weighted by molar-refractivity contribution is 7.12. The third-order valence-corrected chi connectivity index (χ3v) is 7.50. The van der Waals surface area contributed by atoms with Crippen LogP contribution in [0.4, 0.5) is 4.39 Å². The molecule has 0 bridgehead atoms. The van der Waals surface area contributed by atoms with Crippen LogP contribution in [0.25, 0.3) is 0 Å². The van der Waals surface area contributed by atoms with Crippen molar-refractivity contribution in [2.75, 3.05) is 26.8 Å². The maximum atomic E-state index is 14.3. The first-order chi connectivity index (χ1) is 16.0. The molecule has 1 atom stereocenters. The van der Waals surface area contributed by atoms with Crippen LogP contribution in [-0.4, -0.2) is 54.2 Å². The Balaban J connectivity index is 1.61. The fourth-order valence-corrected chi connectivity index (χ4v) is 5.49. The summed E-state index contributed by atoms with van der Waals surface area (Å²) in [4.78, 5) is 29.9. The molecule has 6 nitrogen and oxygen atoms in total. The number of amides is 2. The van der Waals surface area contributed by atoms with Gasteiger partial charge < -0.3 is 9.64 Å². The summed E-state index contributed by atoms with van der Waals surface area (Å²) in [6.07, 6.45) is 0.604. The number of rotatable bonds is 8. The first-order valence-electron chi connectivity index (χ1n) is 10.5. The third-order valence-electron chi connectivity index (χ3n) is 5.46. The van der Waals surface area contributed by atoms with E-state index in [4.69, 9.17) is 4.74 Å². The van der Waals surface area contributed by atoms with Gasteiger partial charge in [0.2, 0.25) is 0 Å². The summed E-state index contributed by atoms with van der Waals surface area (Å²) in [5.74, 6) is -1.49. The largest absolute Gasteiger partial charge is 0.383 e. The molecule has 0 radical (unpaired) electrons. The quantitative estimate of drug-likeness (QED) is 0.464. The normalized spacial score (nSPS) is 15.5. The molecule has 2 aromatic heterocycles. The molecule has 4 rings (SSSR count). The van der Waals surface area contributed by atoms with E-state index >= 15 is 0 Å². The van der Waals surface area contributed by atoms with Gasteiger partial charge in [0.25, 0.3) is 11.8 Å². The standard InChI is InChI=1S/C24H24FN3O3S2/c1-16-9-13-33-23(16)20-14-19(21-8-5-12-32-21)26-28(20)22(29)15-27(10-11-31-2)24(30)17-6-3-4-7-18(17)25/h3-9,12-13,20H,10-11,14-15H2,1-2H3/t20-/m1/s1. The van der Waals surface area contributed by atoms with Crippen molar-refractivity contribution in [3.8, 4) is 0 Å². The molecule has 0 saturated heterocycles. The second-order valence-corrected chi connectivity index (χ2v) is 9.54. The summed E-state index contributed by atoms with van der Waals surface area (Å²) >= 11 is 3.17. The van der Waals surface area contributed by atoms with E-state index in [1.54, 1.807) is 28.7 Å². The maximum Gasteiger partial charge on any atom is 0.262 e. The molecule has 1 aromatic carbocycles. The third kappa shape index (κ3) is 5.05. The average molecular weight is 486 g/mol. The van der Waals surface area contributed by atoms with Gasteiger partial charge in [-0.1, -0.05) is 18.2 Å². The predicted molar refractivity (Wildman–Crippen MR) is 128 cm³/mol. The van der Waals surface area contributed by atoms with Gasteiger partial charge >= 0.3 is 0 Å². The molecule has 9 heteroatoms. The molecule has 1 aliphatic heterocycles. The highest BCUT2D eigenvalue weighted by Gasteiger charge is 2.36. The zero-order valence-electron chi connectivity index (χ0n) is 18.4. The second-order valence-electron chi connectivity index (χ2n) is 7.65. The highest BCUT2D eigenvalue weighted by Crippen LogP contribution is 2.38. The van der Waals surface area contributed by atoms with Crippen molar-refractivity contribution < 1.29 is 18.7 Å². The van der Waals surface area contributed by atoms with Gasteiger partial charge in [-0.25, -0.2) is 9.40 Å². The van der Waals surface area contributed by atoms with E-state index in [0.29, 0.717) is 6.42 Å². The van der Waals surface area contributed by atoms with Gasteiger partial charge in [0, 0.05) is 25.0 Å². The lowest BCUT2D eigenvalue weighted by Crippen LogP contribution is -2.43. The van der Waals surface area contributed by atoms with Crippen LogP contribution in [-0.2, 0) is 9.53 Å². The highest BCUT2D eigenvalue weighted by atomic mass is 32.1. The lowest BCUT2D eigenvalue weighted by atomic mass is 10.1. The number of aryl methyl sites for hydroxylation is 1. The van der Waals surface area contributed by atoms with Crippen molar-refractivity contribution >= 4 is 40.2 Å². The molecule has 0 N–H and O–H groups in total. The fourth-order valence-electron chi connectivity index (χ4n) is 3.76.